The predicted molar refractivity (Wildman–Crippen MR) is 135 cm³/mol. The van der Waals surface area contributed by atoms with Crippen LogP contribution in [0.25, 0.3) is 0 Å². The van der Waals surface area contributed by atoms with Crippen molar-refractivity contribution < 1.29 is 33.8 Å². The minimum Gasteiger partial charge on any atom is -0.395 e. The van der Waals surface area contributed by atoms with Crippen LogP contribution in [-0.2, 0) is 13.8 Å². The maximum absolute atomic E-state index is 10.4. The van der Waals surface area contributed by atoms with Crippen molar-refractivity contribution in [1.29, 1.82) is 0 Å². The molecule has 0 saturated heterocycles. The SMILES string of the molecule is CCCCCCCC/C=C\CCCCCCCCOCCOP(=O)(O)O.OCCNCCO. The van der Waals surface area contributed by atoms with E-state index in [0.29, 0.717) is 19.7 Å². The molecular formula is C24H52NO7P. The van der Waals surface area contributed by atoms with E-state index in [4.69, 9.17) is 24.7 Å². The lowest BCUT2D eigenvalue weighted by atomic mass is 10.1. The number of unbranched alkanes of at least 4 members (excludes halogenated alkanes) is 12. The van der Waals surface area contributed by atoms with E-state index in [1.165, 1.54) is 77.0 Å². The van der Waals surface area contributed by atoms with Gasteiger partial charge in [-0.3, -0.25) is 4.52 Å². The molecule has 0 aliphatic carbocycles. The summed E-state index contributed by atoms with van der Waals surface area (Å²) < 4.78 is 20.0. The van der Waals surface area contributed by atoms with Crippen LogP contribution in [0.4, 0.5) is 0 Å². The van der Waals surface area contributed by atoms with Crippen molar-refractivity contribution in [2.24, 2.45) is 0 Å². The van der Waals surface area contributed by atoms with Crippen LogP contribution in [0.15, 0.2) is 12.2 Å². The normalized spacial score (nSPS) is 11.7. The first-order valence-corrected chi connectivity index (χ1v) is 14.4. The molecule has 8 nitrogen and oxygen atoms in total. The van der Waals surface area contributed by atoms with E-state index in [0.717, 1.165) is 12.8 Å². The molecule has 0 rings (SSSR count). The molecule has 0 fully saturated rings. The average molecular weight is 498 g/mol. The first kappa shape index (κ1) is 34.9. The predicted octanol–water partition coefficient (Wildman–Crippen LogP) is 4.71. The van der Waals surface area contributed by atoms with E-state index >= 15 is 0 Å². The molecule has 0 saturated carbocycles. The van der Waals surface area contributed by atoms with E-state index in [9.17, 15) is 4.57 Å². The van der Waals surface area contributed by atoms with Crippen LogP contribution in [0.5, 0.6) is 0 Å². The van der Waals surface area contributed by atoms with Gasteiger partial charge < -0.3 is 30.1 Å². The highest BCUT2D eigenvalue weighted by molar-refractivity contribution is 7.46. The summed E-state index contributed by atoms with van der Waals surface area (Å²) in [4.78, 5) is 17.0. The summed E-state index contributed by atoms with van der Waals surface area (Å²) in [6.45, 7) is 4.48. The Labute approximate surface area is 202 Å². The summed E-state index contributed by atoms with van der Waals surface area (Å²) in [6.07, 6.45) is 22.6. The molecule has 0 radical (unpaired) electrons. The zero-order valence-electron chi connectivity index (χ0n) is 21.0. The molecule has 0 aromatic rings. The van der Waals surface area contributed by atoms with Gasteiger partial charge in [0.15, 0.2) is 0 Å². The monoisotopic (exact) mass is 497 g/mol. The van der Waals surface area contributed by atoms with Crippen LogP contribution in [-0.4, -0.2) is 66.1 Å². The molecule has 5 N–H and O–H groups in total. The van der Waals surface area contributed by atoms with Crippen LogP contribution in [0.3, 0.4) is 0 Å². The number of aliphatic hydroxyl groups is 2. The molecule has 200 valence electrons. The first-order chi connectivity index (χ1) is 16.0. The standard InChI is InChI=1S/C20H41O5P.C4H11NO2/c1-2-3-4-5-6-7-8-9-10-11-12-13-14-15-16-17-18-24-19-20-25-26(21,22)23;6-3-1-5-2-4-7/h9-10H,2-8,11-20H2,1H3,(H2,21,22,23);5-7H,1-4H2/b10-9-;. The van der Waals surface area contributed by atoms with Crippen LogP contribution < -0.4 is 5.32 Å². The molecule has 0 aromatic carbocycles. The second-order valence-electron chi connectivity index (χ2n) is 8.07. The third-order valence-corrected chi connectivity index (χ3v) is 5.38. The summed E-state index contributed by atoms with van der Waals surface area (Å²) in [5, 5.41) is 19.1. The van der Waals surface area contributed by atoms with Gasteiger partial charge in [-0.15, -0.1) is 0 Å². The van der Waals surface area contributed by atoms with Crippen molar-refractivity contribution >= 4 is 7.82 Å². The van der Waals surface area contributed by atoms with Crippen LogP contribution in [0.2, 0.25) is 0 Å². The van der Waals surface area contributed by atoms with Crippen LogP contribution >= 0.6 is 7.82 Å². The summed E-state index contributed by atoms with van der Waals surface area (Å²) >= 11 is 0. The number of nitrogens with one attached hydrogen (secondary N) is 1. The maximum atomic E-state index is 10.4. The highest BCUT2D eigenvalue weighted by Crippen LogP contribution is 2.35. The minimum atomic E-state index is -4.34. The number of ether oxygens (including phenoxy) is 1. The average Bonchev–Trinajstić information content (AvgIpc) is 2.78. The topological polar surface area (TPSA) is 128 Å². The Morgan fingerprint density at radius 2 is 1.18 bits per heavy atom. The minimum absolute atomic E-state index is 0.0589. The highest BCUT2D eigenvalue weighted by atomic mass is 31.2. The second-order valence-corrected chi connectivity index (χ2v) is 9.31. The van der Waals surface area contributed by atoms with E-state index in [-0.39, 0.29) is 26.4 Å². The molecule has 33 heavy (non-hydrogen) atoms. The number of aliphatic hydroxyl groups excluding tert-OH is 2. The molecule has 0 unspecified atom stereocenters. The van der Waals surface area contributed by atoms with Crippen molar-refractivity contribution in [3.05, 3.63) is 12.2 Å². The number of hydrogen-bond acceptors (Lipinski definition) is 6. The Kier molecular flexibility index (Phi) is 31.4. The van der Waals surface area contributed by atoms with E-state index < -0.39 is 7.82 Å². The zero-order chi connectivity index (χ0) is 24.9. The fourth-order valence-electron chi connectivity index (χ4n) is 3.05. The molecule has 0 atom stereocenters. The van der Waals surface area contributed by atoms with Gasteiger partial charge in [0.05, 0.1) is 26.4 Å². The number of phosphoric ester groups is 1. The number of rotatable bonds is 24. The lowest BCUT2D eigenvalue weighted by Gasteiger charge is -2.06. The largest absolute Gasteiger partial charge is 0.469 e. The van der Waals surface area contributed by atoms with Gasteiger partial charge >= 0.3 is 7.82 Å². The Morgan fingerprint density at radius 3 is 1.67 bits per heavy atom. The van der Waals surface area contributed by atoms with E-state index in [1.54, 1.807) is 0 Å². The summed E-state index contributed by atoms with van der Waals surface area (Å²) in [6, 6.07) is 0. The number of phosphoric acid groups is 1. The van der Waals surface area contributed by atoms with Crippen molar-refractivity contribution in [3.63, 3.8) is 0 Å². The van der Waals surface area contributed by atoms with Gasteiger partial charge in [0, 0.05) is 19.7 Å². The molecule has 0 aromatic heterocycles. The molecule has 0 aliphatic heterocycles. The number of allylic oxidation sites excluding steroid dienone is 2. The van der Waals surface area contributed by atoms with Gasteiger partial charge in [-0.25, -0.2) is 4.57 Å². The Bertz CT molecular complexity index is 429. The summed E-state index contributed by atoms with van der Waals surface area (Å²) in [5.74, 6) is 0. The van der Waals surface area contributed by atoms with Gasteiger partial charge in [0.25, 0.3) is 0 Å². The van der Waals surface area contributed by atoms with E-state index in [1.807, 2.05) is 0 Å². The van der Waals surface area contributed by atoms with E-state index in [2.05, 4.69) is 28.9 Å². The van der Waals surface area contributed by atoms with Crippen molar-refractivity contribution in [2.45, 2.75) is 96.8 Å². The molecule has 0 amide bonds. The van der Waals surface area contributed by atoms with Gasteiger partial charge in [-0.05, 0) is 32.1 Å². The van der Waals surface area contributed by atoms with Crippen LogP contribution in [0.1, 0.15) is 96.8 Å². The fraction of sp³-hybridized carbons (Fsp3) is 0.917. The maximum Gasteiger partial charge on any atom is 0.469 e. The molecule has 9 heteroatoms. The van der Waals surface area contributed by atoms with Crippen molar-refractivity contribution in [3.8, 4) is 0 Å². The zero-order valence-corrected chi connectivity index (χ0v) is 21.9. The van der Waals surface area contributed by atoms with Gasteiger partial charge in [-0.2, -0.15) is 0 Å². The molecule has 0 spiro atoms. The number of hydrogen-bond donors (Lipinski definition) is 5. The third-order valence-electron chi connectivity index (χ3n) is 4.86. The molecule has 0 aliphatic rings. The van der Waals surface area contributed by atoms with Gasteiger partial charge in [0.1, 0.15) is 0 Å². The Balaban J connectivity index is 0. The quantitative estimate of drug-likeness (QED) is 0.0737. The Hall–Kier alpha value is -0.310. The Morgan fingerprint density at radius 1 is 0.697 bits per heavy atom. The van der Waals surface area contributed by atoms with Gasteiger partial charge in [-0.1, -0.05) is 76.9 Å². The van der Waals surface area contributed by atoms with Crippen molar-refractivity contribution in [1.82, 2.24) is 5.32 Å². The lowest BCUT2D eigenvalue weighted by Crippen LogP contribution is -2.21. The summed E-state index contributed by atoms with van der Waals surface area (Å²) in [7, 11) is -4.34. The lowest BCUT2D eigenvalue weighted by molar-refractivity contribution is 0.0831. The first-order valence-electron chi connectivity index (χ1n) is 12.8. The fourth-order valence-corrected chi connectivity index (χ4v) is 3.36. The van der Waals surface area contributed by atoms with Crippen LogP contribution in [0, 0.1) is 0 Å². The molecule has 0 bridgehead atoms. The van der Waals surface area contributed by atoms with Crippen molar-refractivity contribution in [2.75, 3.05) is 46.1 Å². The molecular weight excluding hydrogens is 445 g/mol. The third kappa shape index (κ3) is 39.2. The summed E-state index contributed by atoms with van der Waals surface area (Å²) in [5.41, 5.74) is 0. The van der Waals surface area contributed by atoms with Gasteiger partial charge in [0.2, 0.25) is 0 Å². The second kappa shape index (κ2) is 29.7. The highest BCUT2D eigenvalue weighted by Gasteiger charge is 2.12. The molecule has 0 heterocycles. The smallest absolute Gasteiger partial charge is 0.395 e.